The number of hydrogen-bond acceptors (Lipinski definition) is 6. The van der Waals surface area contributed by atoms with Crippen LogP contribution in [0.1, 0.15) is 54.0 Å². The summed E-state index contributed by atoms with van der Waals surface area (Å²) in [6, 6.07) is 1.68. The Bertz CT molecular complexity index is 1260. The van der Waals surface area contributed by atoms with E-state index in [1.165, 1.54) is 6.42 Å². The number of hydrogen-bond donors (Lipinski definition) is 1. The summed E-state index contributed by atoms with van der Waals surface area (Å²) >= 11 is 6.52. The molecule has 4 heterocycles. The number of aliphatic imine (C=N–C) groups is 1. The van der Waals surface area contributed by atoms with Gasteiger partial charge in [-0.05, 0) is 51.9 Å². The molecule has 1 atom stereocenters. The van der Waals surface area contributed by atoms with E-state index < -0.39 is 0 Å². The molecule has 1 unspecified atom stereocenters. The van der Waals surface area contributed by atoms with E-state index in [2.05, 4.69) is 36.7 Å². The summed E-state index contributed by atoms with van der Waals surface area (Å²) in [6.07, 6.45) is 15.6. The van der Waals surface area contributed by atoms with Crippen LogP contribution in [0.5, 0.6) is 0 Å². The van der Waals surface area contributed by atoms with E-state index in [0.717, 1.165) is 37.3 Å². The van der Waals surface area contributed by atoms with E-state index in [1.807, 2.05) is 26.2 Å². The molecular weight excluding hydrogens is 462 g/mol. The van der Waals surface area contributed by atoms with Crippen LogP contribution in [0, 0.1) is 6.92 Å². The Morgan fingerprint density at radius 2 is 2.00 bits per heavy atom. The van der Waals surface area contributed by atoms with Crippen LogP contribution in [0.4, 0.5) is 0 Å². The van der Waals surface area contributed by atoms with Crippen LogP contribution < -0.4 is 5.32 Å². The zero-order chi connectivity index (χ0) is 24.8. The molecule has 3 aromatic rings. The van der Waals surface area contributed by atoms with Crippen LogP contribution in [0.3, 0.4) is 0 Å². The second-order valence-electron chi connectivity index (χ2n) is 8.54. The first kappa shape index (κ1) is 24.8. The molecule has 0 saturated carbocycles. The third-order valence-corrected chi connectivity index (χ3v) is 6.50. The maximum atomic E-state index is 13.5. The smallest absolute Gasteiger partial charge is 0.253 e. The lowest BCUT2D eigenvalue weighted by Crippen LogP contribution is -2.40. The fraction of sp³-hybridized carbons (Fsp3) is 0.346. The predicted octanol–water partition coefficient (Wildman–Crippen LogP) is 4.71. The van der Waals surface area contributed by atoms with E-state index >= 15 is 0 Å². The number of piperidine rings is 1. The number of allylic oxidation sites excluding steroid dienone is 2. The third-order valence-electron chi connectivity index (χ3n) is 6.19. The number of amides is 1. The molecule has 4 rings (SSSR count). The summed E-state index contributed by atoms with van der Waals surface area (Å²) in [7, 11) is 0. The molecule has 0 bridgehead atoms. The van der Waals surface area contributed by atoms with Crippen LogP contribution in [0.2, 0.25) is 5.02 Å². The van der Waals surface area contributed by atoms with Crippen LogP contribution in [0.15, 0.2) is 60.8 Å². The van der Waals surface area contributed by atoms with Crippen LogP contribution in [-0.4, -0.2) is 55.8 Å². The lowest BCUT2D eigenvalue weighted by Gasteiger charge is -2.34. The molecule has 0 spiro atoms. The van der Waals surface area contributed by atoms with Gasteiger partial charge in [0.15, 0.2) is 0 Å². The molecule has 1 amide bonds. The summed E-state index contributed by atoms with van der Waals surface area (Å²) in [6.45, 7) is 9.78. The van der Waals surface area contributed by atoms with Crippen molar-refractivity contribution in [1.29, 1.82) is 0 Å². The minimum atomic E-state index is -0.215. The monoisotopic (exact) mass is 491 g/mol. The Hall–Kier alpha value is -3.36. The molecule has 1 aliphatic heterocycles. The van der Waals surface area contributed by atoms with E-state index in [-0.39, 0.29) is 11.9 Å². The first-order valence-corrected chi connectivity index (χ1v) is 12.2. The number of pyridine rings is 1. The molecule has 0 aromatic carbocycles. The van der Waals surface area contributed by atoms with Gasteiger partial charge in [0, 0.05) is 43.1 Å². The fourth-order valence-electron chi connectivity index (χ4n) is 4.35. The molecular formula is C26H30ClN7O. The van der Waals surface area contributed by atoms with Crippen LogP contribution in [0.25, 0.3) is 11.0 Å². The van der Waals surface area contributed by atoms with Crippen molar-refractivity contribution in [2.75, 3.05) is 19.6 Å². The Balaban J connectivity index is 1.63. The molecule has 0 radical (unpaired) electrons. The van der Waals surface area contributed by atoms with Gasteiger partial charge in [-0.2, -0.15) is 0 Å². The first-order chi connectivity index (χ1) is 17.0. The quantitative estimate of drug-likeness (QED) is 0.294. The van der Waals surface area contributed by atoms with Crippen molar-refractivity contribution in [3.8, 4) is 0 Å². The van der Waals surface area contributed by atoms with Gasteiger partial charge in [-0.15, -0.1) is 0 Å². The summed E-state index contributed by atoms with van der Waals surface area (Å²) in [5, 5.41) is 4.20. The average molecular weight is 492 g/mol. The second kappa shape index (κ2) is 11.4. The van der Waals surface area contributed by atoms with Gasteiger partial charge in [0.25, 0.3) is 5.91 Å². The standard InChI is InChI=1S/C26H30ClN7O/c1-4-5-10-28-19(3)34-17-21(24-22(27)9-11-29-25(24)34)26(35)32-16-23(33-12-7-6-8-13-33)20-14-30-18(2)31-15-20/h4-5,9-11,14-15,17,23H,1,6-8,12-13,16H2,2-3H3,(H,32,35)/b10-5-,28-19?. The Kier molecular flexibility index (Phi) is 8.05. The minimum absolute atomic E-state index is 0.00543. The maximum absolute atomic E-state index is 13.5. The Morgan fingerprint density at radius 1 is 1.26 bits per heavy atom. The lowest BCUT2D eigenvalue weighted by atomic mass is 10.0. The molecule has 182 valence electrons. The van der Waals surface area contributed by atoms with Crippen molar-refractivity contribution in [1.82, 2.24) is 29.7 Å². The number of nitrogens with zero attached hydrogens (tertiary/aromatic N) is 6. The fourth-order valence-corrected chi connectivity index (χ4v) is 4.60. The lowest BCUT2D eigenvalue weighted by molar-refractivity contribution is 0.0925. The number of aromatic nitrogens is 4. The molecule has 8 nitrogen and oxygen atoms in total. The van der Waals surface area contributed by atoms with Gasteiger partial charge in [0.2, 0.25) is 0 Å². The van der Waals surface area contributed by atoms with Crippen LogP contribution >= 0.6 is 11.6 Å². The number of fused-ring (bicyclic) bond motifs is 1. The van der Waals surface area contributed by atoms with Crippen molar-refractivity contribution >= 4 is 34.4 Å². The molecule has 0 aliphatic carbocycles. The number of likely N-dealkylation sites (tertiary alicyclic amines) is 1. The molecule has 1 aliphatic rings. The Morgan fingerprint density at radius 3 is 2.71 bits per heavy atom. The zero-order valence-electron chi connectivity index (χ0n) is 20.1. The van der Waals surface area contributed by atoms with Gasteiger partial charge in [-0.1, -0.05) is 30.7 Å². The number of rotatable bonds is 7. The highest BCUT2D eigenvalue weighted by molar-refractivity contribution is 6.36. The number of halogens is 1. The highest BCUT2D eigenvalue weighted by atomic mass is 35.5. The van der Waals surface area contributed by atoms with E-state index in [0.29, 0.717) is 34.0 Å². The summed E-state index contributed by atoms with van der Waals surface area (Å²) in [4.78, 5) is 33.5. The molecule has 35 heavy (non-hydrogen) atoms. The van der Waals surface area contributed by atoms with E-state index in [9.17, 15) is 4.79 Å². The molecule has 9 heteroatoms. The third kappa shape index (κ3) is 5.66. The molecule has 3 aromatic heterocycles. The van der Waals surface area contributed by atoms with Crippen molar-refractivity contribution in [2.45, 2.75) is 39.2 Å². The predicted molar refractivity (Wildman–Crippen MR) is 140 cm³/mol. The average Bonchev–Trinajstić information content (AvgIpc) is 3.27. The van der Waals surface area contributed by atoms with Crippen LogP contribution in [-0.2, 0) is 0 Å². The topological polar surface area (TPSA) is 88.3 Å². The Labute approximate surface area is 210 Å². The maximum Gasteiger partial charge on any atom is 0.253 e. The zero-order valence-corrected chi connectivity index (χ0v) is 20.9. The SMILES string of the molecule is C=C/C=C\N=C(C)n1cc(C(=O)NCC(c2cnc(C)nc2)N2CCCCC2)c2c(Cl)ccnc21. The summed E-state index contributed by atoms with van der Waals surface area (Å²) < 4.78 is 1.78. The second-order valence-corrected chi connectivity index (χ2v) is 8.95. The number of aryl methyl sites for hydroxylation is 1. The summed E-state index contributed by atoms with van der Waals surface area (Å²) in [5.41, 5.74) is 2.03. The number of carbonyl (C=O) groups is 1. The minimum Gasteiger partial charge on any atom is -0.350 e. The summed E-state index contributed by atoms with van der Waals surface area (Å²) in [5.74, 6) is 1.17. The van der Waals surface area contributed by atoms with Gasteiger partial charge in [0.1, 0.15) is 17.3 Å². The molecule has 1 fully saturated rings. The molecule has 1 N–H and O–H groups in total. The highest BCUT2D eigenvalue weighted by Crippen LogP contribution is 2.28. The van der Waals surface area contributed by atoms with Crippen molar-refractivity contribution in [3.63, 3.8) is 0 Å². The van der Waals surface area contributed by atoms with Gasteiger partial charge in [-0.3, -0.25) is 14.3 Å². The van der Waals surface area contributed by atoms with Crippen molar-refractivity contribution in [3.05, 3.63) is 77.8 Å². The normalized spacial score (nSPS) is 16.0. The number of nitrogens with one attached hydrogen (secondary N) is 1. The first-order valence-electron chi connectivity index (χ1n) is 11.8. The largest absolute Gasteiger partial charge is 0.350 e. The van der Waals surface area contributed by atoms with Gasteiger partial charge >= 0.3 is 0 Å². The van der Waals surface area contributed by atoms with Crippen molar-refractivity contribution < 1.29 is 4.79 Å². The van der Waals surface area contributed by atoms with Crippen molar-refractivity contribution in [2.24, 2.45) is 4.99 Å². The molecule has 1 saturated heterocycles. The van der Waals surface area contributed by atoms with Gasteiger partial charge < -0.3 is 5.32 Å². The highest BCUT2D eigenvalue weighted by Gasteiger charge is 2.25. The van der Waals surface area contributed by atoms with Gasteiger partial charge in [-0.25, -0.2) is 19.9 Å². The van der Waals surface area contributed by atoms with E-state index in [1.54, 1.807) is 41.4 Å². The number of carbonyl (C=O) groups excluding carboxylic acids is 1. The van der Waals surface area contributed by atoms with Gasteiger partial charge in [0.05, 0.1) is 22.0 Å². The van der Waals surface area contributed by atoms with E-state index in [4.69, 9.17) is 11.6 Å².